The van der Waals surface area contributed by atoms with Gasteiger partial charge in [-0.25, -0.2) is 0 Å². The fourth-order valence-corrected chi connectivity index (χ4v) is 2.22. The van der Waals surface area contributed by atoms with Crippen LogP contribution < -0.4 is 0 Å². The molecule has 0 aromatic rings. The first kappa shape index (κ1) is 11.0. The van der Waals surface area contributed by atoms with Crippen LogP contribution in [0.2, 0.25) is 0 Å². The maximum Gasteiger partial charge on any atom is 0.0586 e. The first-order chi connectivity index (χ1) is 6.31. The zero-order chi connectivity index (χ0) is 9.68. The van der Waals surface area contributed by atoms with Crippen LogP contribution in [-0.4, -0.2) is 35.7 Å². The highest BCUT2D eigenvalue weighted by atomic mass is 16.3. The van der Waals surface area contributed by atoms with Crippen molar-refractivity contribution in [2.75, 3.05) is 19.7 Å². The van der Waals surface area contributed by atoms with Crippen molar-refractivity contribution in [3.8, 4) is 0 Å². The van der Waals surface area contributed by atoms with Gasteiger partial charge < -0.3 is 5.11 Å². The zero-order valence-electron chi connectivity index (χ0n) is 9.00. The van der Waals surface area contributed by atoms with E-state index in [4.69, 9.17) is 5.11 Å². The van der Waals surface area contributed by atoms with Gasteiger partial charge in [-0.3, -0.25) is 4.90 Å². The fourth-order valence-electron chi connectivity index (χ4n) is 2.22. The zero-order valence-corrected chi connectivity index (χ0v) is 9.00. The monoisotopic (exact) mass is 185 g/mol. The summed E-state index contributed by atoms with van der Waals surface area (Å²) in [5.74, 6) is 0.826. The van der Waals surface area contributed by atoms with Crippen LogP contribution in [0, 0.1) is 5.92 Å². The Bertz CT molecular complexity index is 134. The van der Waals surface area contributed by atoms with E-state index in [2.05, 4.69) is 18.7 Å². The number of rotatable bonds is 5. The van der Waals surface area contributed by atoms with Crippen molar-refractivity contribution in [1.82, 2.24) is 4.90 Å². The predicted molar refractivity (Wildman–Crippen MR) is 55.8 cm³/mol. The maximum atomic E-state index is 9.15. The molecule has 0 saturated carbocycles. The SMILES string of the molecule is CCC(CC)CN1CCC[C@@H]1CO. The summed E-state index contributed by atoms with van der Waals surface area (Å²) in [5.41, 5.74) is 0. The molecular weight excluding hydrogens is 162 g/mol. The highest BCUT2D eigenvalue weighted by molar-refractivity contribution is 4.79. The number of aliphatic hydroxyl groups is 1. The highest BCUT2D eigenvalue weighted by Gasteiger charge is 2.24. The molecule has 0 amide bonds. The molecule has 1 N–H and O–H groups in total. The minimum Gasteiger partial charge on any atom is -0.395 e. The van der Waals surface area contributed by atoms with E-state index < -0.39 is 0 Å². The second kappa shape index (κ2) is 5.61. The van der Waals surface area contributed by atoms with Crippen LogP contribution in [0.25, 0.3) is 0 Å². The molecule has 0 aromatic carbocycles. The van der Waals surface area contributed by atoms with E-state index in [-0.39, 0.29) is 0 Å². The third kappa shape index (κ3) is 2.96. The Morgan fingerprint density at radius 2 is 2.08 bits per heavy atom. The van der Waals surface area contributed by atoms with Gasteiger partial charge in [-0.2, -0.15) is 0 Å². The Kier molecular flexibility index (Phi) is 4.74. The lowest BCUT2D eigenvalue weighted by molar-refractivity contribution is 0.140. The Hall–Kier alpha value is -0.0800. The van der Waals surface area contributed by atoms with Crippen molar-refractivity contribution in [3.63, 3.8) is 0 Å². The van der Waals surface area contributed by atoms with Gasteiger partial charge in [-0.1, -0.05) is 26.7 Å². The quantitative estimate of drug-likeness (QED) is 0.707. The van der Waals surface area contributed by atoms with Crippen LogP contribution in [0.5, 0.6) is 0 Å². The van der Waals surface area contributed by atoms with Gasteiger partial charge in [0.1, 0.15) is 0 Å². The summed E-state index contributed by atoms with van der Waals surface area (Å²) in [7, 11) is 0. The molecular formula is C11H23NO. The van der Waals surface area contributed by atoms with Gasteiger partial charge in [-0.05, 0) is 25.3 Å². The molecule has 0 unspecified atom stereocenters. The average Bonchev–Trinajstić information content (AvgIpc) is 2.61. The molecule has 0 radical (unpaired) electrons. The number of nitrogens with zero attached hydrogens (tertiary/aromatic N) is 1. The van der Waals surface area contributed by atoms with Crippen molar-refractivity contribution in [3.05, 3.63) is 0 Å². The summed E-state index contributed by atoms with van der Waals surface area (Å²) in [6.07, 6.45) is 5.00. The molecule has 1 aliphatic rings. The summed E-state index contributed by atoms with van der Waals surface area (Å²) in [5, 5.41) is 9.15. The molecule has 0 spiro atoms. The fraction of sp³-hybridized carbons (Fsp3) is 1.00. The van der Waals surface area contributed by atoms with Crippen molar-refractivity contribution < 1.29 is 5.11 Å². The van der Waals surface area contributed by atoms with Crippen LogP contribution in [0.15, 0.2) is 0 Å². The van der Waals surface area contributed by atoms with Gasteiger partial charge in [0.2, 0.25) is 0 Å². The van der Waals surface area contributed by atoms with Gasteiger partial charge in [0.15, 0.2) is 0 Å². The lowest BCUT2D eigenvalue weighted by Gasteiger charge is -2.26. The normalized spacial score (nSPS) is 24.5. The molecule has 1 aliphatic heterocycles. The Balaban J connectivity index is 2.33. The minimum atomic E-state index is 0.347. The van der Waals surface area contributed by atoms with E-state index in [1.165, 1.54) is 38.8 Å². The lowest BCUT2D eigenvalue weighted by atomic mass is 10.0. The molecule has 1 atom stereocenters. The lowest BCUT2D eigenvalue weighted by Crippen LogP contribution is -2.35. The average molecular weight is 185 g/mol. The summed E-state index contributed by atoms with van der Waals surface area (Å²) >= 11 is 0. The third-order valence-corrected chi connectivity index (χ3v) is 3.36. The summed E-state index contributed by atoms with van der Waals surface area (Å²) in [4.78, 5) is 2.47. The molecule has 0 bridgehead atoms. The van der Waals surface area contributed by atoms with Crippen molar-refractivity contribution >= 4 is 0 Å². The van der Waals surface area contributed by atoms with Crippen LogP contribution >= 0.6 is 0 Å². The van der Waals surface area contributed by atoms with E-state index in [1.54, 1.807) is 0 Å². The topological polar surface area (TPSA) is 23.5 Å². The molecule has 1 fully saturated rings. The van der Waals surface area contributed by atoms with Crippen molar-refractivity contribution in [2.45, 2.75) is 45.6 Å². The standard InChI is InChI=1S/C11H23NO/c1-3-10(4-2)8-12-7-5-6-11(12)9-13/h10-11,13H,3-9H2,1-2H3/t11-/m1/s1. The maximum absolute atomic E-state index is 9.15. The Labute approximate surface area is 81.9 Å². The highest BCUT2D eigenvalue weighted by Crippen LogP contribution is 2.20. The van der Waals surface area contributed by atoms with Crippen LogP contribution in [-0.2, 0) is 0 Å². The van der Waals surface area contributed by atoms with Gasteiger partial charge in [0.25, 0.3) is 0 Å². The Morgan fingerprint density at radius 3 is 2.62 bits per heavy atom. The molecule has 1 heterocycles. The molecule has 78 valence electrons. The number of aliphatic hydroxyl groups excluding tert-OH is 1. The number of likely N-dealkylation sites (tertiary alicyclic amines) is 1. The van der Waals surface area contributed by atoms with E-state index in [9.17, 15) is 0 Å². The van der Waals surface area contributed by atoms with Gasteiger partial charge >= 0.3 is 0 Å². The number of hydrogen-bond acceptors (Lipinski definition) is 2. The largest absolute Gasteiger partial charge is 0.395 e. The van der Waals surface area contributed by atoms with Crippen LogP contribution in [0.1, 0.15) is 39.5 Å². The van der Waals surface area contributed by atoms with Gasteiger partial charge in [0, 0.05) is 12.6 Å². The van der Waals surface area contributed by atoms with Crippen LogP contribution in [0.3, 0.4) is 0 Å². The summed E-state index contributed by atoms with van der Waals surface area (Å²) in [6.45, 7) is 7.26. The second-order valence-corrected chi connectivity index (χ2v) is 4.16. The summed E-state index contributed by atoms with van der Waals surface area (Å²) in [6, 6.07) is 0.459. The predicted octanol–water partition coefficient (Wildman–Crippen LogP) is 1.88. The first-order valence-corrected chi connectivity index (χ1v) is 5.66. The van der Waals surface area contributed by atoms with Crippen molar-refractivity contribution in [1.29, 1.82) is 0 Å². The van der Waals surface area contributed by atoms with Gasteiger partial charge in [0.05, 0.1) is 6.61 Å². The first-order valence-electron chi connectivity index (χ1n) is 5.66. The molecule has 0 aromatic heterocycles. The molecule has 1 rings (SSSR count). The number of hydrogen-bond donors (Lipinski definition) is 1. The smallest absolute Gasteiger partial charge is 0.0586 e. The second-order valence-electron chi connectivity index (χ2n) is 4.16. The van der Waals surface area contributed by atoms with Gasteiger partial charge in [-0.15, -0.1) is 0 Å². The van der Waals surface area contributed by atoms with E-state index in [0.717, 1.165) is 5.92 Å². The molecule has 1 saturated heterocycles. The van der Waals surface area contributed by atoms with Crippen molar-refractivity contribution in [2.24, 2.45) is 5.92 Å². The molecule has 2 nitrogen and oxygen atoms in total. The molecule has 0 aliphatic carbocycles. The van der Waals surface area contributed by atoms with Crippen LogP contribution in [0.4, 0.5) is 0 Å². The van der Waals surface area contributed by atoms with E-state index >= 15 is 0 Å². The summed E-state index contributed by atoms with van der Waals surface area (Å²) < 4.78 is 0. The van der Waals surface area contributed by atoms with E-state index in [0.29, 0.717) is 12.6 Å². The van der Waals surface area contributed by atoms with E-state index in [1.807, 2.05) is 0 Å². The third-order valence-electron chi connectivity index (χ3n) is 3.36. The minimum absolute atomic E-state index is 0.347. The molecule has 13 heavy (non-hydrogen) atoms. The molecule has 2 heteroatoms. The Morgan fingerprint density at radius 1 is 1.38 bits per heavy atom.